The molecule has 0 aliphatic carbocycles. The number of aryl methyl sites for hydroxylation is 1. The average molecular weight is 297 g/mol. The monoisotopic (exact) mass is 297 g/mol. The maximum atomic E-state index is 12.2. The molecule has 0 aromatic carbocycles. The molecule has 20 heavy (non-hydrogen) atoms. The third-order valence-electron chi connectivity index (χ3n) is 3.71. The van der Waals surface area contributed by atoms with E-state index in [2.05, 4.69) is 31.1 Å². The first-order chi connectivity index (χ1) is 9.56. The Kier molecular flexibility index (Phi) is 4.99. The summed E-state index contributed by atoms with van der Waals surface area (Å²) in [5.41, 5.74) is -0.216. The Bertz CT molecular complexity index is 463. The molecule has 1 aliphatic rings. The lowest BCUT2D eigenvalue weighted by atomic mass is 10.0. The molecule has 0 bridgehead atoms. The summed E-state index contributed by atoms with van der Waals surface area (Å²) in [6.45, 7) is 8.66. The van der Waals surface area contributed by atoms with Crippen molar-refractivity contribution in [1.29, 1.82) is 0 Å². The third kappa shape index (κ3) is 3.70. The Balaban J connectivity index is 1.85. The number of hydrogen-bond acceptors (Lipinski definition) is 4. The molecule has 6 heteroatoms. The van der Waals surface area contributed by atoms with Crippen molar-refractivity contribution in [2.45, 2.75) is 45.8 Å². The summed E-state index contributed by atoms with van der Waals surface area (Å²) in [5.74, 6) is 0. The SMILES string of the molecule is CCc1cnc(CNC(=O)N2CCO[C@@](C)(CC)C2)s1. The Hall–Kier alpha value is -1.14. The summed E-state index contributed by atoms with van der Waals surface area (Å²) in [7, 11) is 0. The minimum absolute atomic E-state index is 0.0266. The number of rotatable bonds is 4. The van der Waals surface area contributed by atoms with Gasteiger partial charge in [0.15, 0.2) is 0 Å². The van der Waals surface area contributed by atoms with Gasteiger partial charge in [0.1, 0.15) is 5.01 Å². The summed E-state index contributed by atoms with van der Waals surface area (Å²) in [5, 5.41) is 3.91. The van der Waals surface area contributed by atoms with Gasteiger partial charge >= 0.3 is 6.03 Å². The highest BCUT2D eigenvalue weighted by Gasteiger charge is 2.32. The van der Waals surface area contributed by atoms with Gasteiger partial charge in [0, 0.05) is 17.6 Å². The number of ether oxygens (including phenoxy) is 1. The highest BCUT2D eigenvalue weighted by atomic mass is 32.1. The van der Waals surface area contributed by atoms with Crippen LogP contribution in [0, 0.1) is 0 Å². The Morgan fingerprint density at radius 3 is 3.05 bits per heavy atom. The van der Waals surface area contributed by atoms with Gasteiger partial charge in [-0.3, -0.25) is 0 Å². The van der Waals surface area contributed by atoms with Gasteiger partial charge in [-0.05, 0) is 19.8 Å². The fourth-order valence-electron chi connectivity index (χ4n) is 2.17. The predicted octanol–water partition coefficient (Wildman–Crippen LogP) is 2.42. The van der Waals surface area contributed by atoms with Crippen molar-refractivity contribution in [3.8, 4) is 0 Å². The lowest BCUT2D eigenvalue weighted by molar-refractivity contribution is -0.0872. The second kappa shape index (κ2) is 6.54. The summed E-state index contributed by atoms with van der Waals surface area (Å²) in [4.78, 5) is 19.6. The minimum Gasteiger partial charge on any atom is -0.372 e. The van der Waals surface area contributed by atoms with Crippen LogP contribution >= 0.6 is 11.3 Å². The highest BCUT2D eigenvalue weighted by molar-refractivity contribution is 7.11. The van der Waals surface area contributed by atoms with Gasteiger partial charge in [0.25, 0.3) is 0 Å². The fourth-order valence-corrected chi connectivity index (χ4v) is 2.98. The molecular weight excluding hydrogens is 274 g/mol. The van der Waals surface area contributed by atoms with Crippen LogP contribution in [0.3, 0.4) is 0 Å². The van der Waals surface area contributed by atoms with Crippen LogP contribution in [0.4, 0.5) is 4.79 Å². The molecule has 1 atom stereocenters. The lowest BCUT2D eigenvalue weighted by Gasteiger charge is -2.39. The number of hydrogen-bond donors (Lipinski definition) is 1. The van der Waals surface area contributed by atoms with Gasteiger partial charge in [0.2, 0.25) is 0 Å². The molecule has 2 heterocycles. The number of morpholine rings is 1. The van der Waals surface area contributed by atoms with Crippen molar-refractivity contribution in [3.05, 3.63) is 16.1 Å². The topological polar surface area (TPSA) is 54.5 Å². The maximum Gasteiger partial charge on any atom is 0.317 e. The van der Waals surface area contributed by atoms with Gasteiger partial charge in [0.05, 0.1) is 25.3 Å². The summed E-state index contributed by atoms with van der Waals surface area (Å²) >= 11 is 1.66. The van der Waals surface area contributed by atoms with E-state index in [1.54, 1.807) is 11.3 Å². The van der Waals surface area contributed by atoms with E-state index in [0.717, 1.165) is 17.8 Å². The average Bonchev–Trinajstić information content (AvgIpc) is 2.93. The standard InChI is InChI=1S/C14H23N3O2S/c1-4-11-8-15-12(20-11)9-16-13(18)17-6-7-19-14(3,5-2)10-17/h8H,4-7,9-10H2,1-3H3,(H,16,18)/t14-/m0/s1. The van der Waals surface area contributed by atoms with E-state index in [4.69, 9.17) is 4.74 Å². The van der Waals surface area contributed by atoms with E-state index in [9.17, 15) is 4.79 Å². The van der Waals surface area contributed by atoms with Crippen molar-refractivity contribution in [2.24, 2.45) is 0 Å². The molecule has 1 aromatic heterocycles. The molecule has 1 N–H and O–H groups in total. The Morgan fingerprint density at radius 2 is 2.40 bits per heavy atom. The summed E-state index contributed by atoms with van der Waals surface area (Å²) < 4.78 is 5.74. The van der Waals surface area contributed by atoms with Crippen LogP contribution in [0.5, 0.6) is 0 Å². The molecule has 2 rings (SSSR count). The molecule has 0 radical (unpaired) electrons. The fraction of sp³-hybridized carbons (Fsp3) is 0.714. The number of nitrogens with zero attached hydrogens (tertiary/aromatic N) is 2. The third-order valence-corrected chi connectivity index (χ3v) is 4.85. The van der Waals surface area contributed by atoms with Crippen LogP contribution in [0.25, 0.3) is 0 Å². The zero-order valence-corrected chi connectivity index (χ0v) is 13.3. The van der Waals surface area contributed by atoms with E-state index < -0.39 is 0 Å². The molecule has 1 fully saturated rings. The van der Waals surface area contributed by atoms with E-state index in [1.165, 1.54) is 4.88 Å². The normalized spacial score (nSPS) is 22.9. The zero-order chi connectivity index (χ0) is 14.6. The number of urea groups is 1. The largest absolute Gasteiger partial charge is 0.372 e. The molecule has 112 valence electrons. The van der Waals surface area contributed by atoms with E-state index in [-0.39, 0.29) is 11.6 Å². The van der Waals surface area contributed by atoms with Crippen molar-refractivity contribution in [3.63, 3.8) is 0 Å². The second-order valence-electron chi connectivity index (χ2n) is 5.31. The van der Waals surface area contributed by atoms with Crippen molar-refractivity contribution in [2.75, 3.05) is 19.7 Å². The summed E-state index contributed by atoms with van der Waals surface area (Å²) in [6.07, 6.45) is 3.78. The van der Waals surface area contributed by atoms with Gasteiger partial charge in [-0.2, -0.15) is 0 Å². The van der Waals surface area contributed by atoms with Crippen molar-refractivity contribution < 1.29 is 9.53 Å². The molecule has 0 spiro atoms. The molecule has 5 nitrogen and oxygen atoms in total. The first-order valence-corrected chi connectivity index (χ1v) is 7.98. The molecule has 2 amide bonds. The van der Waals surface area contributed by atoms with Crippen LogP contribution in [-0.2, 0) is 17.7 Å². The maximum absolute atomic E-state index is 12.2. The van der Waals surface area contributed by atoms with E-state index in [1.807, 2.05) is 11.1 Å². The number of aromatic nitrogens is 1. The van der Waals surface area contributed by atoms with Gasteiger partial charge in [-0.1, -0.05) is 13.8 Å². The molecule has 0 unspecified atom stereocenters. The molecule has 0 saturated carbocycles. The van der Waals surface area contributed by atoms with Gasteiger partial charge < -0.3 is 15.0 Å². The van der Waals surface area contributed by atoms with Crippen molar-refractivity contribution in [1.82, 2.24) is 15.2 Å². The molecule has 1 aromatic rings. The molecule has 1 saturated heterocycles. The van der Waals surface area contributed by atoms with Crippen LogP contribution < -0.4 is 5.32 Å². The van der Waals surface area contributed by atoms with Crippen LogP contribution in [0.15, 0.2) is 6.20 Å². The van der Waals surface area contributed by atoms with Crippen LogP contribution in [0.1, 0.15) is 37.1 Å². The smallest absolute Gasteiger partial charge is 0.317 e. The first kappa shape index (κ1) is 15.3. The summed E-state index contributed by atoms with van der Waals surface area (Å²) in [6, 6.07) is -0.0266. The number of nitrogens with one attached hydrogen (secondary N) is 1. The van der Waals surface area contributed by atoms with Crippen molar-refractivity contribution >= 4 is 17.4 Å². The predicted molar refractivity (Wildman–Crippen MR) is 79.9 cm³/mol. The second-order valence-corrected chi connectivity index (χ2v) is 6.51. The van der Waals surface area contributed by atoms with E-state index in [0.29, 0.717) is 26.2 Å². The van der Waals surface area contributed by atoms with E-state index >= 15 is 0 Å². The lowest BCUT2D eigenvalue weighted by Crippen LogP contribution is -2.54. The van der Waals surface area contributed by atoms with Gasteiger partial charge in [-0.15, -0.1) is 11.3 Å². The van der Waals surface area contributed by atoms with Crippen LogP contribution in [0.2, 0.25) is 0 Å². The van der Waals surface area contributed by atoms with Crippen LogP contribution in [-0.4, -0.2) is 41.2 Å². The first-order valence-electron chi connectivity index (χ1n) is 7.16. The van der Waals surface area contributed by atoms with Gasteiger partial charge in [-0.25, -0.2) is 9.78 Å². The molecular formula is C14H23N3O2S. The highest BCUT2D eigenvalue weighted by Crippen LogP contribution is 2.21. The number of carbonyl (C=O) groups excluding carboxylic acids is 1. The Morgan fingerprint density at radius 1 is 1.60 bits per heavy atom. The number of amides is 2. The minimum atomic E-state index is -0.216. The Labute approximate surface area is 124 Å². The quantitative estimate of drug-likeness (QED) is 0.928. The number of carbonyl (C=O) groups is 1. The number of thiazole rings is 1. The molecule has 1 aliphatic heterocycles. The zero-order valence-electron chi connectivity index (χ0n) is 12.4.